The lowest BCUT2D eigenvalue weighted by atomic mass is 10.2. The first kappa shape index (κ1) is 17.9. The van der Waals surface area contributed by atoms with E-state index in [9.17, 15) is 19.3 Å². The average Bonchev–Trinajstić information content (AvgIpc) is 2.62. The molecule has 8 heteroatoms. The second kappa shape index (κ2) is 8.40. The van der Waals surface area contributed by atoms with E-state index in [0.29, 0.717) is 5.69 Å². The maximum absolute atomic E-state index is 13.3. The molecule has 0 fully saturated rings. The lowest BCUT2D eigenvalue weighted by Crippen LogP contribution is -2.36. The van der Waals surface area contributed by atoms with Gasteiger partial charge >= 0.3 is 5.69 Å². The Labute approximate surface area is 143 Å². The highest BCUT2D eigenvalue weighted by Gasteiger charge is 2.17. The lowest BCUT2D eigenvalue weighted by Gasteiger charge is -2.22. The van der Waals surface area contributed by atoms with Gasteiger partial charge in [0.05, 0.1) is 24.0 Å². The molecular formula is C17H15FN4O3. The molecule has 7 nitrogen and oxygen atoms in total. The van der Waals surface area contributed by atoms with Gasteiger partial charge in [-0.3, -0.25) is 14.9 Å². The van der Waals surface area contributed by atoms with Crippen LogP contribution in [0, 0.1) is 27.3 Å². The normalized spacial score (nSPS) is 9.92. The molecule has 1 N–H and O–H groups in total. The Hall–Kier alpha value is -3.47. The molecule has 2 aromatic carbocycles. The minimum absolute atomic E-state index is 0.150. The number of nitrogens with one attached hydrogen (secondary N) is 1. The van der Waals surface area contributed by atoms with E-state index >= 15 is 0 Å². The van der Waals surface area contributed by atoms with Crippen molar-refractivity contribution in [3.8, 4) is 6.07 Å². The topological polar surface area (TPSA) is 99.3 Å². The van der Waals surface area contributed by atoms with Crippen molar-refractivity contribution in [2.45, 2.75) is 6.42 Å². The van der Waals surface area contributed by atoms with Gasteiger partial charge < -0.3 is 10.2 Å². The third kappa shape index (κ3) is 4.75. The number of carbonyl (C=O) groups excluding carboxylic acids is 1. The fraction of sp³-hybridized carbons (Fsp3) is 0.176. The van der Waals surface area contributed by atoms with E-state index in [-0.39, 0.29) is 31.1 Å². The van der Waals surface area contributed by atoms with E-state index in [1.54, 1.807) is 24.3 Å². The van der Waals surface area contributed by atoms with Gasteiger partial charge in [-0.1, -0.05) is 18.2 Å². The van der Waals surface area contributed by atoms with E-state index in [4.69, 9.17) is 5.26 Å². The van der Waals surface area contributed by atoms with E-state index in [2.05, 4.69) is 5.32 Å². The number of nitro groups is 1. The van der Waals surface area contributed by atoms with Crippen LogP contribution in [0.25, 0.3) is 0 Å². The number of nitrogens with zero attached hydrogens (tertiary/aromatic N) is 3. The number of anilines is 2. The van der Waals surface area contributed by atoms with Gasteiger partial charge in [0.15, 0.2) is 0 Å². The highest BCUT2D eigenvalue weighted by Crippen LogP contribution is 2.21. The number of rotatable bonds is 7. The zero-order valence-electron chi connectivity index (χ0n) is 13.2. The quantitative estimate of drug-likeness (QED) is 0.616. The van der Waals surface area contributed by atoms with E-state index in [1.807, 2.05) is 12.1 Å². The number of hydrogen-bond donors (Lipinski definition) is 1. The number of nitro benzene ring substituents is 1. The van der Waals surface area contributed by atoms with Crippen LogP contribution in [0.4, 0.5) is 21.5 Å². The maximum atomic E-state index is 13.3. The molecule has 25 heavy (non-hydrogen) atoms. The van der Waals surface area contributed by atoms with Gasteiger partial charge in [-0.2, -0.15) is 9.65 Å². The summed E-state index contributed by atoms with van der Waals surface area (Å²) in [6.07, 6.45) is 0.169. The number of hydrogen-bond acceptors (Lipinski definition) is 5. The van der Waals surface area contributed by atoms with Gasteiger partial charge in [-0.05, 0) is 24.3 Å². The molecule has 0 aliphatic carbocycles. The number of carbonyl (C=O) groups is 1. The third-order valence-corrected chi connectivity index (χ3v) is 3.40. The molecule has 0 aromatic heterocycles. The molecule has 0 unspecified atom stereocenters. The van der Waals surface area contributed by atoms with Crippen LogP contribution in [0.1, 0.15) is 6.42 Å². The van der Waals surface area contributed by atoms with Crippen LogP contribution in [-0.2, 0) is 4.79 Å². The van der Waals surface area contributed by atoms with Crippen molar-refractivity contribution in [3.63, 3.8) is 0 Å². The number of halogens is 1. The smallest absolute Gasteiger partial charge is 0.306 e. The Morgan fingerprint density at radius 2 is 2.00 bits per heavy atom. The van der Waals surface area contributed by atoms with Gasteiger partial charge in [-0.25, -0.2) is 0 Å². The second-order valence-corrected chi connectivity index (χ2v) is 5.07. The predicted octanol–water partition coefficient (Wildman–Crippen LogP) is 3.09. The molecule has 0 saturated heterocycles. The van der Waals surface area contributed by atoms with Gasteiger partial charge in [0.2, 0.25) is 11.7 Å². The number of benzene rings is 2. The predicted molar refractivity (Wildman–Crippen MR) is 90.6 cm³/mol. The minimum Gasteiger partial charge on any atom is -0.376 e. The van der Waals surface area contributed by atoms with Crippen molar-refractivity contribution in [2.75, 3.05) is 23.3 Å². The largest absolute Gasteiger partial charge is 0.376 e. The van der Waals surface area contributed by atoms with E-state index in [1.165, 1.54) is 11.0 Å². The first-order valence-electron chi connectivity index (χ1n) is 7.43. The number of nitriles is 1. The van der Waals surface area contributed by atoms with Crippen LogP contribution in [0.15, 0.2) is 48.5 Å². The van der Waals surface area contributed by atoms with Crippen LogP contribution in [0.2, 0.25) is 0 Å². The Morgan fingerprint density at radius 3 is 2.64 bits per heavy atom. The van der Waals surface area contributed by atoms with Crippen molar-refractivity contribution >= 4 is 23.0 Å². The van der Waals surface area contributed by atoms with Crippen LogP contribution in [-0.4, -0.2) is 23.9 Å². The molecule has 2 aromatic rings. The monoisotopic (exact) mass is 342 g/mol. The highest BCUT2D eigenvalue weighted by atomic mass is 19.1. The summed E-state index contributed by atoms with van der Waals surface area (Å²) >= 11 is 0. The highest BCUT2D eigenvalue weighted by molar-refractivity contribution is 5.96. The maximum Gasteiger partial charge on any atom is 0.306 e. The molecule has 0 heterocycles. The summed E-state index contributed by atoms with van der Waals surface area (Å²) in [7, 11) is 0. The molecule has 2 rings (SSSR count). The molecule has 0 atom stereocenters. The summed E-state index contributed by atoms with van der Waals surface area (Å²) < 4.78 is 13.3. The molecule has 0 bridgehead atoms. The van der Waals surface area contributed by atoms with Crippen molar-refractivity contribution in [1.82, 2.24) is 0 Å². The summed E-state index contributed by atoms with van der Waals surface area (Å²) in [6.45, 7) is 0.0771. The summed E-state index contributed by atoms with van der Waals surface area (Å²) in [6, 6.07) is 14.2. The zero-order valence-corrected chi connectivity index (χ0v) is 13.2. The van der Waals surface area contributed by atoms with E-state index < -0.39 is 16.4 Å². The van der Waals surface area contributed by atoms with Gasteiger partial charge in [0.1, 0.15) is 0 Å². The average molecular weight is 342 g/mol. The Bertz CT molecular complexity index is 805. The third-order valence-electron chi connectivity index (χ3n) is 3.40. The molecule has 0 radical (unpaired) electrons. The first-order valence-corrected chi connectivity index (χ1v) is 7.43. The molecule has 0 saturated carbocycles. The SMILES string of the molecule is N#CCCN(C(=O)CNc1ccc(F)c([N+](=O)[O-])c1)c1ccccc1. The summed E-state index contributed by atoms with van der Waals surface area (Å²) in [5.74, 6) is -1.25. The van der Waals surface area contributed by atoms with Crippen LogP contribution >= 0.6 is 0 Å². The number of amides is 1. The molecular weight excluding hydrogens is 327 g/mol. The molecule has 0 aliphatic rings. The van der Waals surface area contributed by atoms with E-state index in [0.717, 1.165) is 12.1 Å². The minimum atomic E-state index is -0.943. The van der Waals surface area contributed by atoms with Crippen LogP contribution < -0.4 is 10.2 Å². The Balaban J connectivity index is 2.10. The van der Waals surface area contributed by atoms with Crippen molar-refractivity contribution in [3.05, 3.63) is 64.5 Å². The fourth-order valence-electron chi connectivity index (χ4n) is 2.20. The van der Waals surface area contributed by atoms with Gasteiger partial charge in [-0.15, -0.1) is 0 Å². The standard InChI is InChI=1S/C17H15FN4O3/c18-15-8-7-13(11-16(15)22(24)25)20-12-17(23)21(10-4-9-19)14-5-2-1-3-6-14/h1-3,5-8,11,20H,4,10,12H2. The number of para-hydroxylation sites is 1. The van der Waals surface area contributed by atoms with Gasteiger partial charge in [0.25, 0.3) is 0 Å². The Morgan fingerprint density at radius 1 is 1.28 bits per heavy atom. The van der Waals surface area contributed by atoms with Crippen molar-refractivity contribution < 1.29 is 14.1 Å². The zero-order chi connectivity index (χ0) is 18.2. The van der Waals surface area contributed by atoms with Crippen LogP contribution in [0.5, 0.6) is 0 Å². The molecule has 0 spiro atoms. The molecule has 0 aliphatic heterocycles. The van der Waals surface area contributed by atoms with Crippen molar-refractivity contribution in [2.24, 2.45) is 0 Å². The lowest BCUT2D eigenvalue weighted by molar-refractivity contribution is -0.387. The molecule has 1 amide bonds. The Kier molecular flexibility index (Phi) is 6.01. The first-order chi connectivity index (χ1) is 12.0. The summed E-state index contributed by atoms with van der Waals surface area (Å²) in [4.78, 5) is 23.8. The molecule has 128 valence electrons. The second-order valence-electron chi connectivity index (χ2n) is 5.07. The fourth-order valence-corrected chi connectivity index (χ4v) is 2.20. The van der Waals surface area contributed by atoms with Gasteiger partial charge in [0, 0.05) is 24.0 Å². The van der Waals surface area contributed by atoms with Crippen LogP contribution in [0.3, 0.4) is 0 Å². The summed E-state index contributed by atoms with van der Waals surface area (Å²) in [5.41, 5.74) is 0.242. The van der Waals surface area contributed by atoms with Crippen molar-refractivity contribution in [1.29, 1.82) is 5.26 Å². The summed E-state index contributed by atoms with van der Waals surface area (Å²) in [5, 5.41) is 22.3.